The summed E-state index contributed by atoms with van der Waals surface area (Å²) in [5.74, 6) is 5.92. The molecule has 0 aliphatic carbocycles. The van der Waals surface area contributed by atoms with Gasteiger partial charge in [0, 0.05) is 24.2 Å². The lowest BCUT2D eigenvalue weighted by Crippen LogP contribution is -1.84. The third kappa shape index (κ3) is 2.48. The molecule has 2 aromatic rings. The molecule has 0 aliphatic heterocycles. The van der Waals surface area contributed by atoms with Crippen molar-refractivity contribution in [2.45, 2.75) is 0 Å². The number of H-pyrrole nitrogens is 1. The van der Waals surface area contributed by atoms with E-state index in [1.54, 1.807) is 24.7 Å². The molecule has 1 N–H and O–H groups in total. The van der Waals surface area contributed by atoms with Crippen LogP contribution in [0.15, 0.2) is 36.8 Å². The number of nitrogens with one attached hydrogen (secondary N) is 1. The van der Waals surface area contributed by atoms with E-state index in [1.165, 1.54) is 0 Å². The van der Waals surface area contributed by atoms with Gasteiger partial charge in [0.2, 0.25) is 0 Å². The van der Waals surface area contributed by atoms with Crippen LogP contribution in [0.25, 0.3) is 0 Å². The average molecular weight is 247 g/mol. The SMILES string of the molecule is S=c1cc[nH]c(C#Cc2ccncc2)c1Cl. The maximum atomic E-state index is 6.01. The summed E-state index contributed by atoms with van der Waals surface area (Å²) < 4.78 is 0.597. The zero-order valence-corrected chi connectivity index (χ0v) is 9.77. The maximum Gasteiger partial charge on any atom is 0.110 e. The van der Waals surface area contributed by atoms with Crippen LogP contribution in [0.5, 0.6) is 0 Å². The zero-order valence-electron chi connectivity index (χ0n) is 8.20. The van der Waals surface area contributed by atoms with Gasteiger partial charge in [-0.15, -0.1) is 0 Å². The van der Waals surface area contributed by atoms with Gasteiger partial charge in [-0.05, 0) is 24.1 Å². The van der Waals surface area contributed by atoms with E-state index in [2.05, 4.69) is 21.8 Å². The summed E-state index contributed by atoms with van der Waals surface area (Å²) in [6.45, 7) is 0. The molecular formula is C12H7ClN2S. The summed E-state index contributed by atoms with van der Waals surface area (Å²) in [7, 11) is 0. The quantitative estimate of drug-likeness (QED) is 0.571. The summed E-state index contributed by atoms with van der Waals surface area (Å²) in [4.78, 5) is 6.87. The first-order valence-electron chi connectivity index (χ1n) is 4.56. The van der Waals surface area contributed by atoms with Crippen LogP contribution in [-0.2, 0) is 0 Å². The second kappa shape index (κ2) is 4.93. The first-order chi connectivity index (χ1) is 7.77. The van der Waals surface area contributed by atoms with Crippen LogP contribution in [0.4, 0.5) is 0 Å². The largest absolute Gasteiger partial charge is 0.354 e. The molecule has 0 aliphatic rings. The van der Waals surface area contributed by atoms with Gasteiger partial charge in [-0.25, -0.2) is 0 Å². The minimum atomic E-state index is 0.485. The van der Waals surface area contributed by atoms with Gasteiger partial charge >= 0.3 is 0 Å². The molecule has 2 aromatic heterocycles. The minimum absolute atomic E-state index is 0.485. The fourth-order valence-electron chi connectivity index (χ4n) is 1.12. The van der Waals surface area contributed by atoms with Crippen molar-refractivity contribution in [1.29, 1.82) is 0 Å². The summed E-state index contributed by atoms with van der Waals surface area (Å²) in [5.41, 5.74) is 1.51. The Hall–Kier alpha value is -1.63. The van der Waals surface area contributed by atoms with E-state index in [0.29, 0.717) is 15.2 Å². The molecule has 0 radical (unpaired) electrons. The van der Waals surface area contributed by atoms with Crippen molar-refractivity contribution in [3.8, 4) is 11.8 Å². The zero-order chi connectivity index (χ0) is 11.4. The van der Waals surface area contributed by atoms with Gasteiger partial charge in [0.15, 0.2) is 0 Å². The first-order valence-corrected chi connectivity index (χ1v) is 5.35. The summed E-state index contributed by atoms with van der Waals surface area (Å²) in [5, 5.41) is 0.485. The van der Waals surface area contributed by atoms with Crippen molar-refractivity contribution in [2.24, 2.45) is 0 Å². The highest BCUT2D eigenvalue weighted by atomic mass is 35.5. The lowest BCUT2D eigenvalue weighted by molar-refractivity contribution is 1.28. The van der Waals surface area contributed by atoms with Crippen LogP contribution in [0.2, 0.25) is 5.02 Å². The Kier molecular flexibility index (Phi) is 3.35. The molecule has 0 amide bonds. The van der Waals surface area contributed by atoms with Crippen LogP contribution in [0, 0.1) is 16.4 Å². The van der Waals surface area contributed by atoms with Crippen molar-refractivity contribution < 1.29 is 0 Å². The predicted octanol–water partition coefficient (Wildman–Crippen LogP) is 3.19. The van der Waals surface area contributed by atoms with Crippen LogP contribution >= 0.6 is 23.8 Å². The molecule has 0 saturated heterocycles. The van der Waals surface area contributed by atoms with Crippen molar-refractivity contribution >= 4 is 23.8 Å². The Balaban J connectivity index is 2.39. The fraction of sp³-hybridized carbons (Fsp3) is 0. The molecule has 2 rings (SSSR count). The van der Waals surface area contributed by atoms with E-state index in [1.807, 2.05) is 12.1 Å². The molecule has 0 aromatic carbocycles. The molecule has 2 heterocycles. The van der Waals surface area contributed by atoms with Gasteiger partial charge < -0.3 is 4.98 Å². The highest BCUT2D eigenvalue weighted by Gasteiger charge is 1.97. The lowest BCUT2D eigenvalue weighted by Gasteiger charge is -1.94. The van der Waals surface area contributed by atoms with Crippen molar-refractivity contribution in [3.05, 3.63) is 57.6 Å². The summed E-state index contributed by atoms with van der Waals surface area (Å²) >= 11 is 11.1. The second-order valence-electron chi connectivity index (χ2n) is 3.02. The third-order valence-corrected chi connectivity index (χ3v) is 2.76. The second-order valence-corrected chi connectivity index (χ2v) is 3.83. The average Bonchev–Trinajstić information content (AvgIpc) is 2.32. The van der Waals surface area contributed by atoms with Gasteiger partial charge in [0.25, 0.3) is 0 Å². The smallest absolute Gasteiger partial charge is 0.110 e. The molecule has 0 unspecified atom stereocenters. The van der Waals surface area contributed by atoms with Gasteiger partial charge in [0.1, 0.15) is 5.69 Å². The molecule has 0 saturated carbocycles. The molecular weight excluding hydrogens is 240 g/mol. The number of nitrogens with zero attached hydrogens (tertiary/aromatic N) is 1. The van der Waals surface area contributed by atoms with Gasteiger partial charge in [-0.2, -0.15) is 0 Å². The topological polar surface area (TPSA) is 28.7 Å². The van der Waals surface area contributed by atoms with E-state index < -0.39 is 0 Å². The Morgan fingerprint density at radius 1 is 1.19 bits per heavy atom. The van der Waals surface area contributed by atoms with Crippen molar-refractivity contribution in [3.63, 3.8) is 0 Å². The Labute approximate surface area is 103 Å². The van der Waals surface area contributed by atoms with Gasteiger partial charge in [-0.3, -0.25) is 4.98 Å². The standard InChI is InChI=1S/C12H7ClN2S/c13-12-10(15-8-5-11(12)16)2-1-9-3-6-14-7-4-9/h3-8H,(H,15,16). The number of pyridine rings is 2. The number of aromatic nitrogens is 2. The maximum absolute atomic E-state index is 6.01. The number of aromatic amines is 1. The molecule has 0 fully saturated rings. The molecule has 16 heavy (non-hydrogen) atoms. The molecule has 0 bridgehead atoms. The van der Waals surface area contributed by atoms with E-state index in [0.717, 1.165) is 5.56 Å². The molecule has 0 atom stereocenters. The van der Waals surface area contributed by atoms with Crippen LogP contribution in [0.3, 0.4) is 0 Å². The number of hydrogen-bond donors (Lipinski definition) is 1. The van der Waals surface area contributed by atoms with E-state index in [9.17, 15) is 0 Å². The number of hydrogen-bond acceptors (Lipinski definition) is 2. The normalized spacial score (nSPS) is 9.31. The molecule has 4 heteroatoms. The van der Waals surface area contributed by atoms with E-state index in [-0.39, 0.29) is 0 Å². The van der Waals surface area contributed by atoms with Gasteiger partial charge in [-0.1, -0.05) is 29.7 Å². The van der Waals surface area contributed by atoms with Crippen LogP contribution in [0.1, 0.15) is 11.3 Å². The first kappa shape index (κ1) is 10.9. The van der Waals surface area contributed by atoms with Gasteiger partial charge in [0.05, 0.1) is 9.53 Å². The Bertz CT molecular complexity index is 608. The van der Waals surface area contributed by atoms with E-state index in [4.69, 9.17) is 23.8 Å². The highest BCUT2D eigenvalue weighted by molar-refractivity contribution is 7.71. The predicted molar refractivity (Wildman–Crippen MR) is 66.9 cm³/mol. The molecule has 78 valence electrons. The van der Waals surface area contributed by atoms with Crippen molar-refractivity contribution in [1.82, 2.24) is 9.97 Å². The Morgan fingerprint density at radius 2 is 1.94 bits per heavy atom. The number of halogens is 1. The molecule has 0 spiro atoms. The third-order valence-electron chi connectivity index (χ3n) is 1.91. The van der Waals surface area contributed by atoms with E-state index >= 15 is 0 Å². The molecule has 2 nitrogen and oxygen atoms in total. The lowest BCUT2D eigenvalue weighted by atomic mass is 10.2. The Morgan fingerprint density at radius 3 is 2.69 bits per heavy atom. The number of rotatable bonds is 0. The van der Waals surface area contributed by atoms with Crippen LogP contribution < -0.4 is 0 Å². The summed E-state index contributed by atoms with van der Waals surface area (Å²) in [6, 6.07) is 5.40. The summed E-state index contributed by atoms with van der Waals surface area (Å²) in [6.07, 6.45) is 5.11. The monoisotopic (exact) mass is 246 g/mol. The minimum Gasteiger partial charge on any atom is -0.354 e. The van der Waals surface area contributed by atoms with Crippen molar-refractivity contribution in [2.75, 3.05) is 0 Å². The highest BCUT2D eigenvalue weighted by Crippen LogP contribution is 2.13. The van der Waals surface area contributed by atoms with Crippen LogP contribution in [-0.4, -0.2) is 9.97 Å². The fourth-order valence-corrected chi connectivity index (χ4v) is 1.46.